The number of halogens is 1. The first kappa shape index (κ1) is 19.9. The molecule has 2 heterocycles. The molecule has 0 amide bonds. The molecule has 6 heteroatoms. The van der Waals surface area contributed by atoms with Gasteiger partial charge in [0.15, 0.2) is 0 Å². The number of H-pyrrole nitrogens is 1. The van der Waals surface area contributed by atoms with Crippen LogP contribution in [0.4, 0.5) is 5.69 Å². The van der Waals surface area contributed by atoms with Gasteiger partial charge in [0.2, 0.25) is 0 Å². The van der Waals surface area contributed by atoms with E-state index in [0.717, 1.165) is 47.7 Å². The summed E-state index contributed by atoms with van der Waals surface area (Å²) >= 11 is 5.96. The number of ether oxygens (including phenoxy) is 1. The molecular weight excluding hydrogens is 408 g/mol. The first-order chi connectivity index (χ1) is 15.2. The summed E-state index contributed by atoms with van der Waals surface area (Å²) in [7, 11) is 0. The third kappa shape index (κ3) is 5.01. The van der Waals surface area contributed by atoms with Crippen LogP contribution < -0.4 is 10.1 Å². The first-order valence-electron chi connectivity index (χ1n) is 10.7. The van der Waals surface area contributed by atoms with Gasteiger partial charge in [-0.25, -0.2) is 0 Å². The van der Waals surface area contributed by atoms with E-state index in [1.54, 1.807) is 0 Å². The molecule has 0 saturated carbocycles. The van der Waals surface area contributed by atoms with Crippen molar-refractivity contribution in [2.24, 2.45) is 0 Å². The SMILES string of the molecule is Clc1ccc(Oc2cccc(CN3CCCC(Nc4ccc5[nH]ncc5c4)C3)c2)cc1. The number of nitrogens with zero attached hydrogens (tertiary/aromatic N) is 2. The molecule has 31 heavy (non-hydrogen) atoms. The monoisotopic (exact) mass is 432 g/mol. The molecule has 158 valence electrons. The summed E-state index contributed by atoms with van der Waals surface area (Å²) in [6.07, 6.45) is 4.24. The van der Waals surface area contributed by atoms with Crippen molar-refractivity contribution in [3.8, 4) is 11.5 Å². The average Bonchev–Trinajstić information content (AvgIpc) is 3.24. The van der Waals surface area contributed by atoms with E-state index in [0.29, 0.717) is 11.1 Å². The van der Waals surface area contributed by atoms with Gasteiger partial charge in [-0.3, -0.25) is 10.00 Å². The summed E-state index contributed by atoms with van der Waals surface area (Å²) in [5.41, 5.74) is 3.47. The fourth-order valence-electron chi connectivity index (χ4n) is 4.19. The molecule has 1 aliphatic heterocycles. The van der Waals surface area contributed by atoms with Crippen LogP contribution in [0.2, 0.25) is 5.02 Å². The lowest BCUT2D eigenvalue weighted by atomic mass is 10.0. The van der Waals surface area contributed by atoms with Crippen LogP contribution in [0.25, 0.3) is 10.9 Å². The highest BCUT2D eigenvalue weighted by molar-refractivity contribution is 6.30. The maximum atomic E-state index is 5.99. The zero-order valence-corrected chi connectivity index (χ0v) is 18.0. The second kappa shape index (κ2) is 9.00. The average molecular weight is 433 g/mol. The molecule has 5 nitrogen and oxygen atoms in total. The van der Waals surface area contributed by atoms with Gasteiger partial charge >= 0.3 is 0 Å². The highest BCUT2D eigenvalue weighted by Gasteiger charge is 2.20. The van der Waals surface area contributed by atoms with Crippen molar-refractivity contribution in [2.75, 3.05) is 18.4 Å². The van der Waals surface area contributed by atoms with Gasteiger partial charge in [-0.05, 0) is 79.5 Å². The molecule has 0 aliphatic carbocycles. The number of rotatable bonds is 6. The number of fused-ring (bicyclic) bond motifs is 1. The summed E-state index contributed by atoms with van der Waals surface area (Å²) < 4.78 is 5.99. The molecule has 3 aromatic carbocycles. The van der Waals surface area contributed by atoms with Gasteiger partial charge in [-0.15, -0.1) is 0 Å². The Hall–Kier alpha value is -3.02. The standard InChI is InChI=1S/C25H25ClN4O/c26-20-6-9-23(10-7-20)31-24-5-1-3-18(13-24)16-30-12-2-4-22(17-30)28-21-8-11-25-19(14-21)15-27-29-25/h1,3,5-11,13-15,22,28H,2,4,12,16-17H2,(H,27,29). The third-order valence-corrected chi connectivity index (χ3v) is 5.92. The number of piperidine rings is 1. The van der Waals surface area contributed by atoms with Crippen molar-refractivity contribution in [3.63, 3.8) is 0 Å². The van der Waals surface area contributed by atoms with E-state index >= 15 is 0 Å². The van der Waals surface area contributed by atoms with Crippen LogP contribution in [0.3, 0.4) is 0 Å². The largest absolute Gasteiger partial charge is 0.457 e. The zero-order chi connectivity index (χ0) is 21.0. The second-order valence-corrected chi connectivity index (χ2v) is 8.53. The molecule has 0 bridgehead atoms. The van der Waals surface area contributed by atoms with Crippen molar-refractivity contribution in [1.82, 2.24) is 15.1 Å². The van der Waals surface area contributed by atoms with Crippen molar-refractivity contribution < 1.29 is 4.74 Å². The van der Waals surface area contributed by atoms with Crippen molar-refractivity contribution in [3.05, 3.63) is 83.5 Å². The fraction of sp³-hybridized carbons (Fsp3) is 0.240. The lowest BCUT2D eigenvalue weighted by Gasteiger charge is -2.33. The Labute approximate surface area is 187 Å². The Kier molecular flexibility index (Phi) is 5.78. The number of nitrogens with one attached hydrogen (secondary N) is 2. The van der Waals surface area contributed by atoms with E-state index in [2.05, 4.69) is 56.8 Å². The predicted octanol–water partition coefficient (Wildman–Crippen LogP) is 6.09. The van der Waals surface area contributed by atoms with Crippen LogP contribution >= 0.6 is 11.6 Å². The number of benzene rings is 3. The van der Waals surface area contributed by atoms with E-state index in [9.17, 15) is 0 Å². The highest BCUT2D eigenvalue weighted by atomic mass is 35.5. The minimum atomic E-state index is 0.437. The van der Waals surface area contributed by atoms with Crippen LogP contribution in [0.5, 0.6) is 11.5 Å². The molecule has 0 spiro atoms. The predicted molar refractivity (Wildman–Crippen MR) is 126 cm³/mol. The molecule has 1 unspecified atom stereocenters. The van der Waals surface area contributed by atoms with Crippen LogP contribution in [0.15, 0.2) is 72.9 Å². The fourth-order valence-corrected chi connectivity index (χ4v) is 4.32. The summed E-state index contributed by atoms with van der Waals surface area (Å²) in [6, 6.07) is 22.6. The molecular formula is C25H25ClN4O. The molecule has 0 radical (unpaired) electrons. The molecule has 1 aliphatic rings. The van der Waals surface area contributed by atoms with Gasteiger partial charge in [-0.1, -0.05) is 23.7 Å². The molecule has 4 aromatic rings. The Bertz CT molecular complexity index is 1160. The van der Waals surface area contributed by atoms with Crippen molar-refractivity contribution >= 4 is 28.2 Å². The number of hydrogen-bond donors (Lipinski definition) is 2. The summed E-state index contributed by atoms with van der Waals surface area (Å²) in [6.45, 7) is 3.05. The molecule has 1 aromatic heterocycles. The van der Waals surface area contributed by atoms with Gasteiger partial charge in [0.05, 0.1) is 11.7 Å². The van der Waals surface area contributed by atoms with Crippen molar-refractivity contribution in [2.45, 2.75) is 25.4 Å². The highest BCUT2D eigenvalue weighted by Crippen LogP contribution is 2.25. The van der Waals surface area contributed by atoms with Gasteiger partial charge in [-0.2, -0.15) is 5.10 Å². The van der Waals surface area contributed by atoms with Gasteiger partial charge in [0.1, 0.15) is 11.5 Å². The number of anilines is 1. The van der Waals surface area contributed by atoms with E-state index in [1.807, 2.05) is 36.5 Å². The second-order valence-electron chi connectivity index (χ2n) is 8.09. The number of aromatic amines is 1. The number of hydrogen-bond acceptors (Lipinski definition) is 4. The van der Waals surface area contributed by atoms with Gasteiger partial charge in [0.25, 0.3) is 0 Å². The zero-order valence-electron chi connectivity index (χ0n) is 17.2. The lowest BCUT2D eigenvalue weighted by molar-refractivity contribution is 0.208. The quantitative estimate of drug-likeness (QED) is 0.387. The van der Waals surface area contributed by atoms with Gasteiger partial charge < -0.3 is 10.1 Å². The Morgan fingerprint density at radius 1 is 1.06 bits per heavy atom. The third-order valence-electron chi connectivity index (χ3n) is 5.67. The maximum Gasteiger partial charge on any atom is 0.127 e. The number of aromatic nitrogens is 2. The Morgan fingerprint density at radius 2 is 1.97 bits per heavy atom. The topological polar surface area (TPSA) is 53.2 Å². The molecule has 2 N–H and O–H groups in total. The van der Waals surface area contributed by atoms with Gasteiger partial charge in [0, 0.05) is 35.2 Å². The first-order valence-corrected chi connectivity index (χ1v) is 11.0. The Morgan fingerprint density at radius 3 is 2.87 bits per heavy atom. The molecule has 1 atom stereocenters. The summed E-state index contributed by atoms with van der Waals surface area (Å²) in [5.74, 6) is 1.64. The summed E-state index contributed by atoms with van der Waals surface area (Å²) in [5, 5.41) is 12.7. The minimum absolute atomic E-state index is 0.437. The van der Waals surface area contributed by atoms with Crippen LogP contribution in [0, 0.1) is 0 Å². The van der Waals surface area contributed by atoms with E-state index < -0.39 is 0 Å². The van der Waals surface area contributed by atoms with E-state index in [4.69, 9.17) is 16.3 Å². The smallest absolute Gasteiger partial charge is 0.127 e. The number of likely N-dealkylation sites (tertiary alicyclic amines) is 1. The van der Waals surface area contributed by atoms with E-state index in [-0.39, 0.29) is 0 Å². The van der Waals surface area contributed by atoms with Crippen LogP contribution in [-0.4, -0.2) is 34.2 Å². The van der Waals surface area contributed by atoms with Crippen molar-refractivity contribution in [1.29, 1.82) is 0 Å². The summed E-state index contributed by atoms with van der Waals surface area (Å²) in [4.78, 5) is 2.51. The lowest BCUT2D eigenvalue weighted by Crippen LogP contribution is -2.41. The Balaban J connectivity index is 1.21. The van der Waals surface area contributed by atoms with E-state index in [1.165, 1.54) is 18.4 Å². The molecule has 1 fully saturated rings. The molecule has 1 saturated heterocycles. The maximum absolute atomic E-state index is 5.99. The normalized spacial score (nSPS) is 17.0. The minimum Gasteiger partial charge on any atom is -0.457 e. The van der Waals surface area contributed by atoms with Crippen LogP contribution in [0.1, 0.15) is 18.4 Å². The molecule has 5 rings (SSSR count). The van der Waals surface area contributed by atoms with Crippen LogP contribution in [-0.2, 0) is 6.54 Å².